The van der Waals surface area contributed by atoms with Gasteiger partial charge in [-0.25, -0.2) is 0 Å². The van der Waals surface area contributed by atoms with Gasteiger partial charge < -0.3 is 0 Å². The SMILES string of the molecule is CC(C)C(Cc1ccc2ccccc2n1)NN. The Bertz CT molecular complexity index is 494. The van der Waals surface area contributed by atoms with Gasteiger partial charge in [-0.2, -0.15) is 0 Å². The molecule has 0 fully saturated rings. The first-order valence-electron chi connectivity index (χ1n) is 6.01. The van der Waals surface area contributed by atoms with Crippen LogP contribution in [-0.2, 0) is 6.42 Å². The van der Waals surface area contributed by atoms with Gasteiger partial charge in [-0.3, -0.25) is 16.3 Å². The molecular formula is C14H19N3. The molecule has 2 rings (SSSR count). The van der Waals surface area contributed by atoms with Crippen LogP contribution < -0.4 is 11.3 Å². The number of hydrogen-bond donors (Lipinski definition) is 2. The highest BCUT2D eigenvalue weighted by Gasteiger charge is 2.12. The minimum absolute atomic E-state index is 0.267. The Balaban J connectivity index is 2.24. The average Bonchev–Trinajstić information content (AvgIpc) is 2.35. The van der Waals surface area contributed by atoms with Crippen LogP contribution in [0.25, 0.3) is 10.9 Å². The minimum Gasteiger partial charge on any atom is -0.271 e. The number of nitrogens with one attached hydrogen (secondary N) is 1. The number of fused-ring (bicyclic) bond motifs is 1. The zero-order valence-corrected chi connectivity index (χ0v) is 10.4. The summed E-state index contributed by atoms with van der Waals surface area (Å²) in [5, 5.41) is 1.18. The van der Waals surface area contributed by atoms with Crippen LogP contribution in [-0.4, -0.2) is 11.0 Å². The van der Waals surface area contributed by atoms with E-state index in [1.165, 1.54) is 5.39 Å². The minimum atomic E-state index is 0.267. The van der Waals surface area contributed by atoms with Crippen molar-refractivity contribution in [2.75, 3.05) is 0 Å². The lowest BCUT2D eigenvalue weighted by Crippen LogP contribution is -2.40. The molecule has 2 aromatic rings. The summed E-state index contributed by atoms with van der Waals surface area (Å²) in [5.41, 5.74) is 4.99. The summed E-state index contributed by atoms with van der Waals surface area (Å²) in [6.45, 7) is 4.32. The largest absolute Gasteiger partial charge is 0.271 e. The number of hydrazine groups is 1. The van der Waals surface area contributed by atoms with Gasteiger partial charge in [-0.15, -0.1) is 0 Å². The summed E-state index contributed by atoms with van der Waals surface area (Å²) in [7, 11) is 0. The normalized spacial score (nSPS) is 13.2. The highest BCUT2D eigenvalue weighted by Crippen LogP contribution is 2.14. The fourth-order valence-corrected chi connectivity index (χ4v) is 1.93. The van der Waals surface area contributed by atoms with Crippen molar-refractivity contribution in [1.82, 2.24) is 10.4 Å². The van der Waals surface area contributed by atoms with Gasteiger partial charge >= 0.3 is 0 Å². The molecule has 1 unspecified atom stereocenters. The first-order valence-corrected chi connectivity index (χ1v) is 6.01. The molecule has 1 aromatic carbocycles. The maximum absolute atomic E-state index is 5.56. The lowest BCUT2D eigenvalue weighted by molar-refractivity contribution is 0.402. The lowest BCUT2D eigenvalue weighted by atomic mass is 9.99. The summed E-state index contributed by atoms with van der Waals surface area (Å²) < 4.78 is 0. The molecule has 0 bridgehead atoms. The highest BCUT2D eigenvalue weighted by atomic mass is 15.2. The van der Waals surface area contributed by atoms with Gasteiger partial charge in [0.05, 0.1) is 5.52 Å². The quantitative estimate of drug-likeness (QED) is 0.624. The van der Waals surface area contributed by atoms with Crippen LogP contribution in [0.1, 0.15) is 19.5 Å². The predicted molar refractivity (Wildman–Crippen MR) is 71.4 cm³/mol. The van der Waals surface area contributed by atoms with Crippen LogP contribution in [0.15, 0.2) is 36.4 Å². The maximum atomic E-state index is 5.56. The number of aromatic nitrogens is 1. The van der Waals surface area contributed by atoms with Gasteiger partial charge in [0.25, 0.3) is 0 Å². The first kappa shape index (κ1) is 12.0. The Hall–Kier alpha value is -1.45. The number of hydrogen-bond acceptors (Lipinski definition) is 3. The van der Waals surface area contributed by atoms with Gasteiger partial charge in [0, 0.05) is 23.5 Å². The summed E-state index contributed by atoms with van der Waals surface area (Å²) in [6.07, 6.45) is 0.860. The second-order valence-electron chi connectivity index (χ2n) is 4.72. The lowest BCUT2D eigenvalue weighted by Gasteiger charge is -2.19. The van der Waals surface area contributed by atoms with E-state index in [0.29, 0.717) is 5.92 Å². The van der Waals surface area contributed by atoms with Crippen LogP contribution in [0.4, 0.5) is 0 Å². The van der Waals surface area contributed by atoms with Gasteiger partial charge in [0.1, 0.15) is 0 Å². The molecule has 0 aliphatic heterocycles. The Morgan fingerprint density at radius 1 is 1.18 bits per heavy atom. The van der Waals surface area contributed by atoms with E-state index in [-0.39, 0.29) is 6.04 Å². The van der Waals surface area contributed by atoms with Crippen molar-refractivity contribution in [2.45, 2.75) is 26.3 Å². The van der Waals surface area contributed by atoms with Gasteiger partial charge in [-0.05, 0) is 18.1 Å². The third-order valence-corrected chi connectivity index (χ3v) is 3.10. The molecule has 1 aromatic heterocycles. The smallest absolute Gasteiger partial charge is 0.0705 e. The van der Waals surface area contributed by atoms with Crippen molar-refractivity contribution in [3.63, 3.8) is 0 Å². The van der Waals surface area contributed by atoms with Gasteiger partial charge in [-0.1, -0.05) is 38.1 Å². The molecule has 3 nitrogen and oxygen atoms in total. The summed E-state index contributed by atoms with van der Waals surface area (Å²) in [5.74, 6) is 6.05. The van der Waals surface area contributed by atoms with Crippen molar-refractivity contribution in [3.05, 3.63) is 42.1 Å². The molecule has 17 heavy (non-hydrogen) atoms. The molecule has 0 aliphatic rings. The van der Waals surface area contributed by atoms with E-state index >= 15 is 0 Å². The first-order chi connectivity index (χ1) is 8.20. The predicted octanol–water partition coefficient (Wildman–Crippen LogP) is 2.27. The Kier molecular flexibility index (Phi) is 3.71. The highest BCUT2D eigenvalue weighted by molar-refractivity contribution is 5.78. The monoisotopic (exact) mass is 229 g/mol. The topological polar surface area (TPSA) is 50.9 Å². The number of nitrogens with zero attached hydrogens (tertiary/aromatic N) is 1. The third-order valence-electron chi connectivity index (χ3n) is 3.10. The summed E-state index contributed by atoms with van der Waals surface area (Å²) in [4.78, 5) is 4.65. The molecule has 0 radical (unpaired) electrons. The van der Waals surface area contributed by atoms with Gasteiger partial charge in [0.2, 0.25) is 0 Å². The van der Waals surface area contributed by atoms with Crippen LogP contribution >= 0.6 is 0 Å². The van der Waals surface area contributed by atoms with E-state index in [1.807, 2.05) is 18.2 Å². The van der Waals surface area contributed by atoms with Gasteiger partial charge in [0.15, 0.2) is 0 Å². The fraction of sp³-hybridized carbons (Fsp3) is 0.357. The van der Waals surface area contributed by atoms with E-state index in [4.69, 9.17) is 5.84 Å². The molecule has 0 aliphatic carbocycles. The van der Waals surface area contributed by atoms with E-state index in [2.05, 4.69) is 42.5 Å². The molecule has 90 valence electrons. The number of rotatable bonds is 4. The number of pyridine rings is 1. The molecule has 0 saturated heterocycles. The van der Waals surface area contributed by atoms with Crippen LogP contribution in [0.5, 0.6) is 0 Å². The standard InChI is InChI=1S/C14H19N3/c1-10(2)14(17-15)9-12-8-7-11-5-3-4-6-13(11)16-12/h3-8,10,14,17H,9,15H2,1-2H3. The molecule has 0 amide bonds. The van der Waals surface area contributed by atoms with E-state index in [1.54, 1.807) is 0 Å². The Morgan fingerprint density at radius 2 is 1.94 bits per heavy atom. The van der Waals surface area contributed by atoms with Crippen LogP contribution in [0.3, 0.4) is 0 Å². The molecule has 0 spiro atoms. The fourth-order valence-electron chi connectivity index (χ4n) is 1.93. The zero-order valence-electron chi connectivity index (χ0n) is 10.4. The van der Waals surface area contributed by atoms with E-state index in [9.17, 15) is 0 Å². The molecule has 1 atom stereocenters. The van der Waals surface area contributed by atoms with E-state index in [0.717, 1.165) is 17.6 Å². The summed E-state index contributed by atoms with van der Waals surface area (Å²) >= 11 is 0. The molecule has 1 heterocycles. The Morgan fingerprint density at radius 3 is 2.65 bits per heavy atom. The zero-order chi connectivity index (χ0) is 12.3. The average molecular weight is 229 g/mol. The molecule has 3 N–H and O–H groups in total. The molecule has 3 heteroatoms. The molecular weight excluding hydrogens is 210 g/mol. The van der Waals surface area contributed by atoms with Crippen molar-refractivity contribution in [2.24, 2.45) is 11.8 Å². The van der Waals surface area contributed by atoms with Crippen molar-refractivity contribution in [3.8, 4) is 0 Å². The van der Waals surface area contributed by atoms with Crippen molar-refractivity contribution in [1.29, 1.82) is 0 Å². The molecule has 0 saturated carbocycles. The Labute approximate surface area is 102 Å². The van der Waals surface area contributed by atoms with Crippen molar-refractivity contribution < 1.29 is 0 Å². The van der Waals surface area contributed by atoms with Crippen molar-refractivity contribution >= 4 is 10.9 Å². The number of para-hydroxylation sites is 1. The number of nitrogens with two attached hydrogens (primary N) is 1. The second-order valence-corrected chi connectivity index (χ2v) is 4.72. The maximum Gasteiger partial charge on any atom is 0.0705 e. The third kappa shape index (κ3) is 2.81. The second kappa shape index (κ2) is 5.25. The van der Waals surface area contributed by atoms with Crippen LogP contribution in [0.2, 0.25) is 0 Å². The van der Waals surface area contributed by atoms with Crippen LogP contribution in [0, 0.1) is 5.92 Å². The summed E-state index contributed by atoms with van der Waals surface area (Å²) in [6, 6.07) is 12.6. The number of benzene rings is 1. The van der Waals surface area contributed by atoms with E-state index < -0.39 is 0 Å².